The van der Waals surface area contributed by atoms with Gasteiger partial charge in [0.05, 0.1) is 6.04 Å². The lowest BCUT2D eigenvalue weighted by atomic mass is 9.96. The Hall–Kier alpha value is -0.830. The van der Waals surface area contributed by atoms with E-state index in [1.807, 2.05) is 19.2 Å². The Bertz CT molecular complexity index is 575. The van der Waals surface area contributed by atoms with Gasteiger partial charge in [0, 0.05) is 9.50 Å². The molecule has 0 aliphatic heterocycles. The molecule has 0 bridgehead atoms. The van der Waals surface area contributed by atoms with Crippen LogP contribution in [0.25, 0.3) is 0 Å². The van der Waals surface area contributed by atoms with Gasteiger partial charge in [0.25, 0.3) is 0 Å². The molecule has 0 saturated carbocycles. The van der Waals surface area contributed by atoms with Crippen molar-refractivity contribution in [3.63, 3.8) is 0 Å². The van der Waals surface area contributed by atoms with Gasteiger partial charge in [-0.25, -0.2) is 0 Å². The quantitative estimate of drug-likeness (QED) is 0.828. The zero-order valence-electron chi connectivity index (χ0n) is 11.3. The van der Waals surface area contributed by atoms with Crippen LogP contribution in [0.3, 0.4) is 0 Å². The van der Waals surface area contributed by atoms with Crippen LogP contribution in [0.1, 0.15) is 28.3 Å². The van der Waals surface area contributed by atoms with Crippen LogP contribution < -0.4 is 5.32 Å². The lowest BCUT2D eigenvalue weighted by molar-refractivity contribution is 0.690. The van der Waals surface area contributed by atoms with Crippen molar-refractivity contribution in [1.29, 1.82) is 0 Å². The molecule has 0 aromatic heterocycles. The van der Waals surface area contributed by atoms with Crippen molar-refractivity contribution in [3.05, 3.63) is 68.1 Å². The average molecular weight is 339 g/mol. The average Bonchev–Trinajstić information content (AvgIpc) is 2.33. The molecule has 0 spiro atoms. The van der Waals surface area contributed by atoms with E-state index in [1.165, 1.54) is 16.7 Å². The number of rotatable bonds is 3. The highest BCUT2D eigenvalue weighted by atomic mass is 79.9. The molecule has 0 aliphatic carbocycles. The number of nitrogens with one attached hydrogen (secondary N) is 1. The predicted molar refractivity (Wildman–Crippen MR) is 86.0 cm³/mol. The SMILES string of the molecule is CNC(c1cc(C)cc(C)c1)c1cc(Br)ccc1Cl. The van der Waals surface area contributed by atoms with Gasteiger partial charge in [0.15, 0.2) is 0 Å². The standard InChI is InChI=1S/C16H17BrClN/c1-10-6-11(2)8-12(7-10)16(19-3)14-9-13(17)4-5-15(14)18/h4-9,16,19H,1-3H3. The minimum atomic E-state index is 0.101. The first-order chi connectivity index (χ1) is 9.01. The summed E-state index contributed by atoms with van der Waals surface area (Å²) >= 11 is 9.85. The topological polar surface area (TPSA) is 12.0 Å². The van der Waals surface area contributed by atoms with Gasteiger partial charge < -0.3 is 5.32 Å². The van der Waals surface area contributed by atoms with E-state index in [4.69, 9.17) is 11.6 Å². The van der Waals surface area contributed by atoms with Gasteiger partial charge in [0.1, 0.15) is 0 Å². The minimum Gasteiger partial charge on any atom is -0.309 e. The summed E-state index contributed by atoms with van der Waals surface area (Å²) in [5, 5.41) is 4.13. The zero-order chi connectivity index (χ0) is 14.0. The predicted octanol–water partition coefficient (Wildman–Crippen LogP) is 5.03. The highest BCUT2D eigenvalue weighted by molar-refractivity contribution is 9.10. The van der Waals surface area contributed by atoms with E-state index >= 15 is 0 Å². The largest absolute Gasteiger partial charge is 0.309 e. The van der Waals surface area contributed by atoms with Crippen molar-refractivity contribution in [3.8, 4) is 0 Å². The van der Waals surface area contributed by atoms with Crippen molar-refractivity contribution in [2.24, 2.45) is 0 Å². The molecule has 3 heteroatoms. The van der Waals surface area contributed by atoms with Gasteiger partial charge in [-0.05, 0) is 50.2 Å². The maximum absolute atomic E-state index is 6.34. The summed E-state index contributed by atoms with van der Waals surface area (Å²) in [6.07, 6.45) is 0. The van der Waals surface area contributed by atoms with Gasteiger partial charge in [-0.1, -0.05) is 56.9 Å². The molecule has 100 valence electrons. The number of hydrogen-bond acceptors (Lipinski definition) is 1. The first-order valence-electron chi connectivity index (χ1n) is 6.21. The highest BCUT2D eigenvalue weighted by Gasteiger charge is 2.16. The molecule has 1 atom stereocenters. The Balaban J connectivity index is 2.52. The second kappa shape index (κ2) is 6.08. The molecule has 19 heavy (non-hydrogen) atoms. The maximum atomic E-state index is 6.34. The third kappa shape index (κ3) is 3.38. The molecule has 2 aromatic rings. The van der Waals surface area contributed by atoms with E-state index < -0.39 is 0 Å². The van der Waals surface area contributed by atoms with Crippen molar-refractivity contribution in [2.75, 3.05) is 7.05 Å². The Morgan fingerprint density at radius 1 is 1.05 bits per heavy atom. The monoisotopic (exact) mass is 337 g/mol. The van der Waals surface area contributed by atoms with Crippen LogP contribution >= 0.6 is 27.5 Å². The number of halogens is 2. The normalized spacial score (nSPS) is 12.5. The lowest BCUT2D eigenvalue weighted by Crippen LogP contribution is -2.18. The van der Waals surface area contributed by atoms with Crippen LogP contribution in [0.5, 0.6) is 0 Å². The summed E-state index contributed by atoms with van der Waals surface area (Å²) in [4.78, 5) is 0. The summed E-state index contributed by atoms with van der Waals surface area (Å²) in [6.45, 7) is 4.23. The fourth-order valence-corrected chi connectivity index (χ4v) is 3.02. The van der Waals surface area contributed by atoms with Crippen LogP contribution in [-0.2, 0) is 0 Å². The van der Waals surface area contributed by atoms with E-state index in [9.17, 15) is 0 Å². The van der Waals surface area contributed by atoms with E-state index in [2.05, 4.69) is 59.4 Å². The summed E-state index contributed by atoms with van der Waals surface area (Å²) in [5.74, 6) is 0. The third-order valence-electron chi connectivity index (χ3n) is 3.14. The zero-order valence-corrected chi connectivity index (χ0v) is 13.6. The minimum absolute atomic E-state index is 0.101. The van der Waals surface area contributed by atoms with E-state index in [0.29, 0.717) is 0 Å². The Morgan fingerprint density at radius 2 is 1.68 bits per heavy atom. The second-order valence-corrected chi connectivity index (χ2v) is 6.13. The van der Waals surface area contributed by atoms with Crippen LogP contribution in [-0.4, -0.2) is 7.05 Å². The maximum Gasteiger partial charge on any atom is 0.0589 e. The number of hydrogen-bond donors (Lipinski definition) is 1. The molecule has 0 heterocycles. The second-order valence-electron chi connectivity index (χ2n) is 4.81. The number of benzene rings is 2. The number of aryl methyl sites for hydroxylation is 2. The summed E-state index contributed by atoms with van der Waals surface area (Å²) in [6, 6.07) is 12.6. The first-order valence-corrected chi connectivity index (χ1v) is 7.39. The molecular formula is C16H17BrClN. The summed E-state index contributed by atoms with van der Waals surface area (Å²) in [7, 11) is 1.96. The van der Waals surface area contributed by atoms with Crippen molar-refractivity contribution >= 4 is 27.5 Å². The molecular weight excluding hydrogens is 322 g/mol. The van der Waals surface area contributed by atoms with Crippen LogP contribution in [0.2, 0.25) is 5.02 Å². The van der Waals surface area contributed by atoms with Crippen LogP contribution in [0.15, 0.2) is 40.9 Å². The van der Waals surface area contributed by atoms with Crippen molar-refractivity contribution < 1.29 is 0 Å². The van der Waals surface area contributed by atoms with Crippen molar-refractivity contribution in [1.82, 2.24) is 5.32 Å². The van der Waals surface area contributed by atoms with Gasteiger partial charge in [-0.2, -0.15) is 0 Å². The molecule has 0 fully saturated rings. The third-order valence-corrected chi connectivity index (χ3v) is 3.97. The van der Waals surface area contributed by atoms with Gasteiger partial charge in [-0.3, -0.25) is 0 Å². The molecule has 1 nitrogen and oxygen atoms in total. The molecule has 1 N–H and O–H groups in total. The summed E-state index contributed by atoms with van der Waals surface area (Å²) in [5.41, 5.74) is 4.85. The highest BCUT2D eigenvalue weighted by Crippen LogP contribution is 2.31. The molecule has 2 rings (SSSR count). The molecule has 0 saturated heterocycles. The molecule has 0 aliphatic rings. The molecule has 2 aromatic carbocycles. The van der Waals surface area contributed by atoms with Crippen molar-refractivity contribution in [2.45, 2.75) is 19.9 Å². The smallest absolute Gasteiger partial charge is 0.0589 e. The molecule has 1 unspecified atom stereocenters. The first kappa shape index (κ1) is 14.6. The Kier molecular flexibility index (Phi) is 4.67. The lowest BCUT2D eigenvalue weighted by Gasteiger charge is -2.20. The Morgan fingerprint density at radius 3 is 2.26 bits per heavy atom. The fraction of sp³-hybridized carbons (Fsp3) is 0.250. The van der Waals surface area contributed by atoms with Gasteiger partial charge >= 0.3 is 0 Å². The van der Waals surface area contributed by atoms with Crippen LogP contribution in [0, 0.1) is 13.8 Å². The Labute approximate surface area is 128 Å². The fourth-order valence-electron chi connectivity index (χ4n) is 2.41. The molecule has 0 amide bonds. The van der Waals surface area contributed by atoms with Gasteiger partial charge in [-0.15, -0.1) is 0 Å². The molecule has 0 radical (unpaired) electrons. The van der Waals surface area contributed by atoms with Gasteiger partial charge in [0.2, 0.25) is 0 Å². The van der Waals surface area contributed by atoms with Crippen LogP contribution in [0.4, 0.5) is 0 Å². The van der Waals surface area contributed by atoms with E-state index in [-0.39, 0.29) is 6.04 Å². The summed E-state index contributed by atoms with van der Waals surface area (Å²) < 4.78 is 1.04. The van der Waals surface area contributed by atoms with E-state index in [0.717, 1.165) is 15.1 Å². The van der Waals surface area contributed by atoms with E-state index in [1.54, 1.807) is 0 Å².